The van der Waals surface area contributed by atoms with Gasteiger partial charge < -0.3 is 14.9 Å². The number of nitrogens with one attached hydrogen (secondary N) is 1. The lowest BCUT2D eigenvalue weighted by atomic mass is 10.2. The van der Waals surface area contributed by atoms with Crippen molar-refractivity contribution in [1.29, 1.82) is 0 Å². The van der Waals surface area contributed by atoms with Crippen LogP contribution in [0.1, 0.15) is 21.8 Å². The van der Waals surface area contributed by atoms with E-state index < -0.39 is 17.7 Å². The minimum Gasteiger partial charge on any atom is -0.476 e. The van der Waals surface area contributed by atoms with Crippen LogP contribution in [-0.4, -0.2) is 16.2 Å². The molecule has 2 rings (SSSR count). The fourth-order valence-electron chi connectivity index (χ4n) is 1.54. The molecule has 0 unspecified atom stereocenters. The summed E-state index contributed by atoms with van der Waals surface area (Å²) in [6.07, 6.45) is -4.46. The van der Waals surface area contributed by atoms with Crippen molar-refractivity contribution in [1.82, 2.24) is 5.16 Å². The molecule has 2 N–H and O–H groups in total. The van der Waals surface area contributed by atoms with Crippen molar-refractivity contribution in [2.75, 3.05) is 5.32 Å². The second-order valence-electron chi connectivity index (χ2n) is 4.06. The first-order valence-corrected chi connectivity index (χ1v) is 6.35. The van der Waals surface area contributed by atoms with Crippen LogP contribution in [0.15, 0.2) is 33.3 Å². The summed E-state index contributed by atoms with van der Waals surface area (Å²) in [5.74, 6) is -1.05. The largest absolute Gasteiger partial charge is 0.476 e. The van der Waals surface area contributed by atoms with Crippen LogP contribution in [0.2, 0.25) is 0 Å². The molecule has 0 radical (unpaired) electrons. The molecule has 0 atom stereocenters. The molecule has 0 amide bonds. The fourth-order valence-corrected chi connectivity index (χ4v) is 2.03. The van der Waals surface area contributed by atoms with E-state index in [0.717, 1.165) is 12.1 Å². The van der Waals surface area contributed by atoms with Crippen LogP contribution in [0.3, 0.4) is 0 Å². The average Bonchev–Trinajstić information content (AvgIpc) is 2.83. The van der Waals surface area contributed by atoms with Gasteiger partial charge in [-0.1, -0.05) is 21.1 Å². The first kappa shape index (κ1) is 15.4. The van der Waals surface area contributed by atoms with E-state index in [1.54, 1.807) is 0 Å². The molecule has 0 aliphatic heterocycles. The van der Waals surface area contributed by atoms with Crippen LogP contribution in [0.25, 0.3) is 0 Å². The molecule has 5 nitrogen and oxygen atoms in total. The lowest BCUT2D eigenvalue weighted by Gasteiger charge is -2.10. The Balaban J connectivity index is 2.12. The maximum Gasteiger partial charge on any atom is 0.416 e. The van der Waals surface area contributed by atoms with E-state index in [1.165, 1.54) is 12.1 Å². The number of hydrogen-bond donors (Lipinski definition) is 2. The SMILES string of the molecule is O=C(O)c1cc(CNc2cc(Br)cc(C(F)(F)F)c2)on1. The molecule has 1 aromatic carbocycles. The molecule has 2 aromatic rings. The van der Waals surface area contributed by atoms with Crippen LogP contribution in [0.4, 0.5) is 18.9 Å². The zero-order chi connectivity index (χ0) is 15.6. The van der Waals surface area contributed by atoms with Crippen LogP contribution in [0, 0.1) is 0 Å². The minimum atomic E-state index is -4.46. The number of aromatic carboxylic acids is 1. The summed E-state index contributed by atoms with van der Waals surface area (Å²) in [4.78, 5) is 10.6. The fraction of sp³-hybridized carbons (Fsp3) is 0.167. The predicted molar refractivity (Wildman–Crippen MR) is 69.9 cm³/mol. The van der Waals surface area contributed by atoms with Crippen molar-refractivity contribution in [3.63, 3.8) is 0 Å². The molecule has 0 bridgehead atoms. The lowest BCUT2D eigenvalue weighted by molar-refractivity contribution is -0.137. The van der Waals surface area contributed by atoms with Gasteiger partial charge in [-0.3, -0.25) is 0 Å². The highest BCUT2D eigenvalue weighted by Crippen LogP contribution is 2.33. The van der Waals surface area contributed by atoms with Gasteiger partial charge in [0.1, 0.15) is 0 Å². The number of carboxylic acids is 1. The number of rotatable bonds is 4. The van der Waals surface area contributed by atoms with Crippen molar-refractivity contribution in [3.05, 3.63) is 45.8 Å². The molecule has 1 heterocycles. The van der Waals surface area contributed by atoms with Crippen LogP contribution < -0.4 is 5.32 Å². The molecule has 0 fully saturated rings. The van der Waals surface area contributed by atoms with Crippen molar-refractivity contribution in [2.45, 2.75) is 12.7 Å². The lowest BCUT2D eigenvalue weighted by Crippen LogP contribution is -2.06. The van der Waals surface area contributed by atoms with E-state index >= 15 is 0 Å². The Labute approximate surface area is 124 Å². The summed E-state index contributed by atoms with van der Waals surface area (Å²) in [6.45, 7) is 0.00797. The summed E-state index contributed by atoms with van der Waals surface area (Å²) in [5, 5.41) is 14.7. The molecule has 21 heavy (non-hydrogen) atoms. The molecule has 9 heteroatoms. The Morgan fingerprint density at radius 2 is 2.05 bits per heavy atom. The monoisotopic (exact) mass is 364 g/mol. The van der Waals surface area contributed by atoms with Gasteiger partial charge in [-0.2, -0.15) is 13.2 Å². The summed E-state index contributed by atoms with van der Waals surface area (Å²) >= 11 is 3.00. The Morgan fingerprint density at radius 3 is 2.62 bits per heavy atom. The average molecular weight is 365 g/mol. The van der Waals surface area contributed by atoms with Gasteiger partial charge in [-0.05, 0) is 18.2 Å². The number of hydrogen-bond acceptors (Lipinski definition) is 4. The van der Waals surface area contributed by atoms with Crippen molar-refractivity contribution in [2.24, 2.45) is 0 Å². The van der Waals surface area contributed by atoms with Gasteiger partial charge >= 0.3 is 12.1 Å². The number of benzene rings is 1. The highest BCUT2D eigenvalue weighted by Gasteiger charge is 2.31. The van der Waals surface area contributed by atoms with E-state index in [-0.39, 0.29) is 28.2 Å². The number of nitrogens with zero attached hydrogens (tertiary/aromatic N) is 1. The zero-order valence-corrected chi connectivity index (χ0v) is 11.8. The number of aromatic nitrogens is 1. The highest BCUT2D eigenvalue weighted by atomic mass is 79.9. The molecule has 0 aliphatic rings. The van der Waals surface area contributed by atoms with Gasteiger partial charge in [0.2, 0.25) is 0 Å². The van der Waals surface area contributed by atoms with E-state index in [1.807, 2.05) is 0 Å². The highest BCUT2D eigenvalue weighted by molar-refractivity contribution is 9.10. The number of carboxylic acid groups (broad SMARTS) is 1. The van der Waals surface area contributed by atoms with E-state index in [9.17, 15) is 18.0 Å². The summed E-state index contributed by atoms with van der Waals surface area (Å²) < 4.78 is 43.0. The number of carbonyl (C=O) groups is 1. The predicted octanol–water partition coefficient (Wildman–Crippen LogP) is 3.77. The van der Waals surface area contributed by atoms with E-state index in [0.29, 0.717) is 0 Å². The molecule has 0 aliphatic carbocycles. The molecular weight excluding hydrogens is 357 g/mol. The molecule has 0 saturated carbocycles. The van der Waals surface area contributed by atoms with Crippen molar-refractivity contribution >= 4 is 27.6 Å². The smallest absolute Gasteiger partial charge is 0.416 e. The normalized spacial score (nSPS) is 11.4. The summed E-state index contributed by atoms with van der Waals surface area (Å²) in [7, 11) is 0. The third-order valence-electron chi connectivity index (χ3n) is 2.47. The second kappa shape index (κ2) is 5.76. The van der Waals surface area contributed by atoms with Crippen molar-refractivity contribution < 1.29 is 27.6 Å². The van der Waals surface area contributed by atoms with Gasteiger partial charge in [0.05, 0.1) is 12.1 Å². The summed E-state index contributed by atoms with van der Waals surface area (Å²) in [5.41, 5.74) is -0.856. The van der Waals surface area contributed by atoms with Crippen molar-refractivity contribution in [3.8, 4) is 0 Å². The third kappa shape index (κ3) is 3.97. The van der Waals surface area contributed by atoms with Gasteiger partial charge in [-0.15, -0.1) is 0 Å². The standard InChI is InChI=1S/C12H8BrF3N2O3/c13-7-1-6(12(14,15)16)2-8(3-7)17-5-9-4-10(11(19)20)18-21-9/h1-4,17H,5H2,(H,19,20). The third-order valence-corrected chi connectivity index (χ3v) is 2.93. The Kier molecular flexibility index (Phi) is 4.21. The van der Waals surface area contributed by atoms with E-state index in [2.05, 4.69) is 26.4 Å². The number of anilines is 1. The van der Waals surface area contributed by atoms with Crippen LogP contribution in [-0.2, 0) is 12.7 Å². The van der Waals surface area contributed by atoms with E-state index in [4.69, 9.17) is 9.63 Å². The first-order chi connectivity index (χ1) is 9.75. The van der Waals surface area contributed by atoms with Gasteiger partial charge in [0, 0.05) is 16.2 Å². The summed E-state index contributed by atoms with van der Waals surface area (Å²) in [6, 6.07) is 4.56. The second-order valence-corrected chi connectivity index (χ2v) is 4.98. The Morgan fingerprint density at radius 1 is 1.33 bits per heavy atom. The molecular formula is C12H8BrF3N2O3. The molecule has 1 aromatic heterocycles. The number of alkyl halides is 3. The van der Waals surface area contributed by atoms with Crippen LogP contribution >= 0.6 is 15.9 Å². The quantitative estimate of drug-likeness (QED) is 0.863. The Bertz CT molecular complexity index is 670. The first-order valence-electron chi connectivity index (χ1n) is 5.56. The van der Waals surface area contributed by atoms with Gasteiger partial charge in [-0.25, -0.2) is 4.79 Å². The van der Waals surface area contributed by atoms with Crippen LogP contribution in [0.5, 0.6) is 0 Å². The zero-order valence-electron chi connectivity index (χ0n) is 10.2. The topological polar surface area (TPSA) is 75.4 Å². The molecule has 0 saturated heterocycles. The molecule has 0 spiro atoms. The van der Waals surface area contributed by atoms with Gasteiger partial charge in [0.25, 0.3) is 0 Å². The maximum absolute atomic E-state index is 12.7. The Hall–Kier alpha value is -2.03. The van der Waals surface area contributed by atoms with Gasteiger partial charge in [0.15, 0.2) is 11.5 Å². The molecule has 112 valence electrons. The maximum atomic E-state index is 12.7. The number of halogens is 4. The minimum absolute atomic E-state index is 0.00797.